The maximum Gasteiger partial charge on any atom is 0.338 e. The molecule has 0 fully saturated rings. The molecule has 0 spiro atoms. The van der Waals surface area contributed by atoms with Crippen LogP contribution in [0.25, 0.3) is 11.1 Å². The number of aromatic nitrogens is 2. The minimum Gasteiger partial charge on any atom is -0.496 e. The molecule has 0 amide bonds. The third-order valence-electron chi connectivity index (χ3n) is 2.77. The van der Waals surface area contributed by atoms with Crippen LogP contribution in [0.3, 0.4) is 0 Å². The number of ether oxygens (including phenoxy) is 3. The van der Waals surface area contributed by atoms with Crippen LogP contribution in [0.15, 0.2) is 30.6 Å². The van der Waals surface area contributed by atoms with Crippen molar-refractivity contribution >= 4 is 5.97 Å². The molecule has 20 heavy (non-hydrogen) atoms. The number of hydrogen-bond donors (Lipinski definition) is 1. The molecular formula is C14H16N2O4. The number of H-pyrrole nitrogens is 1. The van der Waals surface area contributed by atoms with Crippen molar-refractivity contribution in [3.05, 3.63) is 36.2 Å². The Kier molecular flexibility index (Phi) is 4.73. The van der Waals surface area contributed by atoms with E-state index in [1.165, 1.54) is 0 Å². The van der Waals surface area contributed by atoms with Crippen LogP contribution in [-0.4, -0.2) is 43.6 Å². The average molecular weight is 276 g/mol. The van der Waals surface area contributed by atoms with Crippen LogP contribution in [0.1, 0.15) is 10.4 Å². The van der Waals surface area contributed by atoms with Gasteiger partial charge in [-0.1, -0.05) is 0 Å². The zero-order valence-electron chi connectivity index (χ0n) is 11.4. The average Bonchev–Trinajstić information content (AvgIpc) is 3.00. The normalized spacial score (nSPS) is 10.3. The Morgan fingerprint density at radius 3 is 2.80 bits per heavy atom. The van der Waals surface area contributed by atoms with Crippen LogP contribution in [0.2, 0.25) is 0 Å². The van der Waals surface area contributed by atoms with Gasteiger partial charge in [-0.25, -0.2) is 4.79 Å². The molecule has 1 heterocycles. The van der Waals surface area contributed by atoms with E-state index in [0.717, 1.165) is 11.1 Å². The molecule has 106 valence electrons. The first-order valence-corrected chi connectivity index (χ1v) is 6.09. The van der Waals surface area contributed by atoms with E-state index in [1.807, 2.05) is 0 Å². The van der Waals surface area contributed by atoms with Gasteiger partial charge in [-0.3, -0.25) is 5.10 Å². The second-order valence-electron chi connectivity index (χ2n) is 4.03. The van der Waals surface area contributed by atoms with Gasteiger partial charge in [-0.2, -0.15) is 5.10 Å². The number of esters is 1. The van der Waals surface area contributed by atoms with E-state index >= 15 is 0 Å². The van der Waals surface area contributed by atoms with Crippen molar-refractivity contribution in [2.75, 3.05) is 27.4 Å². The molecule has 0 radical (unpaired) electrons. The molecule has 2 rings (SSSR count). The summed E-state index contributed by atoms with van der Waals surface area (Å²) < 4.78 is 15.2. The van der Waals surface area contributed by atoms with E-state index < -0.39 is 5.97 Å². The van der Waals surface area contributed by atoms with Gasteiger partial charge < -0.3 is 14.2 Å². The van der Waals surface area contributed by atoms with Crippen LogP contribution in [0.4, 0.5) is 0 Å². The minimum atomic E-state index is -0.404. The molecule has 1 N–H and O–H groups in total. The van der Waals surface area contributed by atoms with Crippen LogP contribution < -0.4 is 4.74 Å². The fourth-order valence-corrected chi connectivity index (χ4v) is 1.76. The first-order chi connectivity index (χ1) is 9.76. The Balaban J connectivity index is 2.19. The Bertz CT molecular complexity index is 567. The summed E-state index contributed by atoms with van der Waals surface area (Å²) in [5, 5.41) is 6.64. The highest BCUT2D eigenvalue weighted by atomic mass is 16.6. The van der Waals surface area contributed by atoms with Crippen molar-refractivity contribution < 1.29 is 19.0 Å². The predicted octanol–water partition coefficient (Wildman–Crippen LogP) is 1.89. The lowest BCUT2D eigenvalue weighted by Gasteiger charge is -2.09. The zero-order chi connectivity index (χ0) is 14.4. The van der Waals surface area contributed by atoms with E-state index in [9.17, 15) is 4.79 Å². The van der Waals surface area contributed by atoms with Gasteiger partial charge in [0.1, 0.15) is 12.4 Å². The molecule has 0 unspecified atom stereocenters. The van der Waals surface area contributed by atoms with Crippen molar-refractivity contribution in [2.45, 2.75) is 0 Å². The third-order valence-corrected chi connectivity index (χ3v) is 2.77. The maximum absolute atomic E-state index is 11.8. The second-order valence-corrected chi connectivity index (χ2v) is 4.03. The Labute approximate surface area is 116 Å². The van der Waals surface area contributed by atoms with Crippen molar-refractivity contribution in [1.82, 2.24) is 10.2 Å². The highest BCUT2D eigenvalue weighted by Gasteiger charge is 2.13. The first-order valence-electron chi connectivity index (χ1n) is 6.09. The molecule has 6 nitrogen and oxygen atoms in total. The SMILES string of the molecule is COCCOC(=O)c1ccc(-c2cn[nH]c2)c(OC)c1. The summed E-state index contributed by atoms with van der Waals surface area (Å²) in [5.74, 6) is 0.187. The molecule has 1 aromatic carbocycles. The highest BCUT2D eigenvalue weighted by molar-refractivity contribution is 5.91. The number of nitrogens with zero attached hydrogens (tertiary/aromatic N) is 1. The Morgan fingerprint density at radius 2 is 2.15 bits per heavy atom. The maximum atomic E-state index is 11.8. The molecule has 0 bridgehead atoms. The topological polar surface area (TPSA) is 73.4 Å². The minimum absolute atomic E-state index is 0.223. The highest BCUT2D eigenvalue weighted by Crippen LogP contribution is 2.30. The van der Waals surface area contributed by atoms with Gasteiger partial charge >= 0.3 is 5.97 Å². The van der Waals surface area contributed by atoms with E-state index in [0.29, 0.717) is 17.9 Å². The molecule has 0 aliphatic rings. The van der Waals surface area contributed by atoms with Gasteiger partial charge in [0.25, 0.3) is 0 Å². The molecule has 0 saturated carbocycles. The van der Waals surface area contributed by atoms with Crippen LogP contribution in [-0.2, 0) is 9.47 Å². The zero-order valence-corrected chi connectivity index (χ0v) is 11.4. The second kappa shape index (κ2) is 6.72. The summed E-state index contributed by atoms with van der Waals surface area (Å²) in [4.78, 5) is 11.8. The number of methoxy groups -OCH3 is 2. The largest absolute Gasteiger partial charge is 0.496 e. The molecular weight excluding hydrogens is 260 g/mol. The van der Waals surface area contributed by atoms with Crippen molar-refractivity contribution in [1.29, 1.82) is 0 Å². The molecule has 0 saturated heterocycles. The fourth-order valence-electron chi connectivity index (χ4n) is 1.76. The number of carbonyl (C=O) groups excluding carboxylic acids is 1. The van der Waals surface area contributed by atoms with Crippen LogP contribution in [0, 0.1) is 0 Å². The summed E-state index contributed by atoms with van der Waals surface area (Å²) >= 11 is 0. The number of rotatable bonds is 6. The number of carbonyl (C=O) groups is 1. The first kappa shape index (κ1) is 14.1. The fraction of sp³-hybridized carbons (Fsp3) is 0.286. The van der Waals surface area contributed by atoms with Gasteiger partial charge in [0, 0.05) is 24.4 Å². The lowest BCUT2D eigenvalue weighted by Crippen LogP contribution is -2.10. The number of hydrogen-bond acceptors (Lipinski definition) is 5. The van der Waals surface area contributed by atoms with E-state index in [2.05, 4.69) is 10.2 Å². The number of nitrogens with one attached hydrogen (secondary N) is 1. The molecule has 2 aromatic rings. The molecule has 1 aromatic heterocycles. The van der Waals surface area contributed by atoms with Crippen molar-refractivity contribution in [3.63, 3.8) is 0 Å². The summed E-state index contributed by atoms with van der Waals surface area (Å²) in [6.07, 6.45) is 3.45. The lowest BCUT2D eigenvalue weighted by molar-refractivity contribution is 0.0388. The summed E-state index contributed by atoms with van der Waals surface area (Å²) in [6, 6.07) is 5.15. The monoisotopic (exact) mass is 276 g/mol. The Morgan fingerprint density at radius 1 is 1.30 bits per heavy atom. The number of benzene rings is 1. The molecule has 0 atom stereocenters. The van der Waals surface area contributed by atoms with Gasteiger partial charge in [0.05, 0.1) is 25.5 Å². The Hall–Kier alpha value is -2.34. The van der Waals surface area contributed by atoms with Gasteiger partial charge in [0.2, 0.25) is 0 Å². The van der Waals surface area contributed by atoms with E-state index in [-0.39, 0.29) is 6.61 Å². The van der Waals surface area contributed by atoms with Gasteiger partial charge in [-0.15, -0.1) is 0 Å². The van der Waals surface area contributed by atoms with Gasteiger partial charge in [-0.05, 0) is 18.2 Å². The quantitative estimate of drug-likeness (QED) is 0.644. The van der Waals surface area contributed by atoms with Gasteiger partial charge in [0.15, 0.2) is 0 Å². The smallest absolute Gasteiger partial charge is 0.338 e. The summed E-state index contributed by atoms with van der Waals surface area (Å²) in [5.41, 5.74) is 2.18. The molecule has 0 aliphatic carbocycles. The molecule has 6 heteroatoms. The van der Waals surface area contributed by atoms with Crippen LogP contribution in [0.5, 0.6) is 5.75 Å². The standard InChI is InChI=1S/C14H16N2O4/c1-18-5-6-20-14(17)10-3-4-12(13(7-10)19-2)11-8-15-16-9-11/h3-4,7-9H,5-6H2,1-2H3,(H,15,16). The summed E-state index contributed by atoms with van der Waals surface area (Å²) in [7, 11) is 3.11. The van der Waals surface area contributed by atoms with Crippen molar-refractivity contribution in [2.24, 2.45) is 0 Å². The van der Waals surface area contributed by atoms with Crippen LogP contribution >= 0.6 is 0 Å². The molecule has 0 aliphatic heterocycles. The summed E-state index contributed by atoms with van der Waals surface area (Å²) in [6.45, 7) is 0.594. The van der Waals surface area contributed by atoms with E-state index in [1.54, 1.807) is 44.8 Å². The lowest BCUT2D eigenvalue weighted by atomic mass is 10.1. The third kappa shape index (κ3) is 3.16. The van der Waals surface area contributed by atoms with Crippen molar-refractivity contribution in [3.8, 4) is 16.9 Å². The number of aromatic amines is 1. The van der Waals surface area contributed by atoms with E-state index in [4.69, 9.17) is 14.2 Å². The predicted molar refractivity (Wildman–Crippen MR) is 72.7 cm³/mol.